The van der Waals surface area contributed by atoms with Crippen LogP contribution in [0.4, 0.5) is 0 Å². The summed E-state index contributed by atoms with van der Waals surface area (Å²) in [6, 6.07) is 7.31. The van der Waals surface area contributed by atoms with Crippen molar-refractivity contribution in [3.8, 4) is 5.69 Å². The molecule has 2 atom stereocenters. The molecule has 0 spiro atoms. The van der Waals surface area contributed by atoms with Gasteiger partial charge in [0.1, 0.15) is 12.7 Å². The van der Waals surface area contributed by atoms with Crippen molar-refractivity contribution in [2.45, 2.75) is 31.8 Å². The normalized spacial score (nSPS) is 21.5. The quantitative estimate of drug-likeness (QED) is 0.898. The fraction of sp³-hybridized carbons (Fsp3) is 0.438. The maximum absolute atomic E-state index is 12.2. The van der Waals surface area contributed by atoms with Crippen LogP contribution in [0.2, 0.25) is 0 Å². The van der Waals surface area contributed by atoms with Crippen LogP contribution in [0.15, 0.2) is 36.9 Å². The lowest BCUT2D eigenvalue weighted by atomic mass is 9.87. The van der Waals surface area contributed by atoms with Gasteiger partial charge >= 0.3 is 0 Å². The van der Waals surface area contributed by atoms with Crippen molar-refractivity contribution in [2.75, 3.05) is 6.54 Å². The average Bonchev–Trinajstić information content (AvgIpc) is 3.07. The number of nitrogens with one attached hydrogen (secondary N) is 1. The van der Waals surface area contributed by atoms with E-state index in [0.29, 0.717) is 18.0 Å². The number of hydrogen-bond acceptors (Lipinski definition) is 4. The highest BCUT2D eigenvalue weighted by Crippen LogP contribution is 2.23. The SMILES string of the molecule is O=C(NCC1CCCC(O)C1)c1ccc(-n2cnnc2)cc1. The molecule has 6 nitrogen and oxygen atoms in total. The van der Waals surface area contributed by atoms with Crippen LogP contribution >= 0.6 is 0 Å². The van der Waals surface area contributed by atoms with Crippen LogP contribution < -0.4 is 5.32 Å². The molecule has 2 unspecified atom stereocenters. The van der Waals surface area contributed by atoms with E-state index in [2.05, 4.69) is 15.5 Å². The Morgan fingerprint density at radius 3 is 2.64 bits per heavy atom. The Labute approximate surface area is 129 Å². The molecular weight excluding hydrogens is 280 g/mol. The summed E-state index contributed by atoms with van der Waals surface area (Å²) in [6.07, 6.45) is 6.80. The van der Waals surface area contributed by atoms with Crippen LogP contribution in [-0.2, 0) is 0 Å². The van der Waals surface area contributed by atoms with Crippen molar-refractivity contribution in [2.24, 2.45) is 5.92 Å². The predicted molar refractivity (Wildman–Crippen MR) is 81.7 cm³/mol. The first-order valence-corrected chi connectivity index (χ1v) is 7.63. The second-order valence-electron chi connectivity index (χ2n) is 5.81. The molecule has 22 heavy (non-hydrogen) atoms. The highest BCUT2D eigenvalue weighted by Gasteiger charge is 2.20. The molecule has 1 amide bonds. The lowest BCUT2D eigenvalue weighted by molar-refractivity contribution is 0.0874. The average molecular weight is 300 g/mol. The summed E-state index contributed by atoms with van der Waals surface area (Å²) in [5.41, 5.74) is 1.55. The van der Waals surface area contributed by atoms with E-state index in [1.54, 1.807) is 29.4 Å². The van der Waals surface area contributed by atoms with Crippen molar-refractivity contribution in [3.05, 3.63) is 42.5 Å². The molecule has 1 aliphatic rings. The van der Waals surface area contributed by atoms with Crippen molar-refractivity contribution >= 4 is 5.91 Å². The fourth-order valence-electron chi connectivity index (χ4n) is 2.91. The number of benzene rings is 1. The van der Waals surface area contributed by atoms with Crippen molar-refractivity contribution < 1.29 is 9.90 Å². The number of aliphatic hydroxyl groups excluding tert-OH is 1. The predicted octanol–water partition coefficient (Wildman–Crippen LogP) is 1.55. The number of hydrogen-bond donors (Lipinski definition) is 2. The maximum Gasteiger partial charge on any atom is 0.251 e. The summed E-state index contributed by atoms with van der Waals surface area (Å²) in [5, 5.41) is 20.1. The summed E-state index contributed by atoms with van der Waals surface area (Å²) >= 11 is 0. The van der Waals surface area contributed by atoms with E-state index in [1.807, 2.05) is 12.1 Å². The van der Waals surface area contributed by atoms with Gasteiger partial charge in [-0.15, -0.1) is 10.2 Å². The zero-order valence-corrected chi connectivity index (χ0v) is 12.4. The van der Waals surface area contributed by atoms with Gasteiger partial charge in [0.2, 0.25) is 0 Å². The van der Waals surface area contributed by atoms with Gasteiger partial charge in [0.05, 0.1) is 6.10 Å². The summed E-state index contributed by atoms with van der Waals surface area (Å²) in [6.45, 7) is 0.628. The van der Waals surface area contributed by atoms with Gasteiger partial charge in [-0.3, -0.25) is 9.36 Å². The Hall–Kier alpha value is -2.21. The molecule has 0 aliphatic heterocycles. The van der Waals surface area contributed by atoms with Gasteiger partial charge in [0, 0.05) is 17.8 Å². The van der Waals surface area contributed by atoms with E-state index in [1.165, 1.54) is 0 Å². The molecule has 2 N–H and O–H groups in total. The molecule has 6 heteroatoms. The maximum atomic E-state index is 12.2. The number of carbonyl (C=O) groups is 1. The lowest BCUT2D eigenvalue weighted by Crippen LogP contribution is -2.32. The molecule has 1 fully saturated rings. The van der Waals surface area contributed by atoms with Crippen LogP contribution in [-0.4, -0.2) is 38.4 Å². The van der Waals surface area contributed by atoms with Crippen LogP contribution in [0.5, 0.6) is 0 Å². The first-order valence-electron chi connectivity index (χ1n) is 7.63. The van der Waals surface area contributed by atoms with Crippen LogP contribution in [0.25, 0.3) is 5.69 Å². The van der Waals surface area contributed by atoms with Gasteiger partial charge in [0.25, 0.3) is 5.91 Å². The minimum atomic E-state index is -0.210. The van der Waals surface area contributed by atoms with Gasteiger partial charge in [-0.05, 0) is 49.4 Å². The summed E-state index contributed by atoms with van der Waals surface area (Å²) in [4.78, 5) is 12.2. The van der Waals surface area contributed by atoms with E-state index in [-0.39, 0.29) is 12.0 Å². The minimum absolute atomic E-state index is 0.0737. The summed E-state index contributed by atoms with van der Waals surface area (Å²) in [7, 11) is 0. The molecule has 1 aromatic carbocycles. The Bertz CT molecular complexity index is 610. The Morgan fingerprint density at radius 1 is 1.23 bits per heavy atom. The van der Waals surface area contributed by atoms with Gasteiger partial charge in [-0.1, -0.05) is 6.42 Å². The Morgan fingerprint density at radius 2 is 1.95 bits per heavy atom. The molecule has 1 heterocycles. The fourth-order valence-corrected chi connectivity index (χ4v) is 2.91. The zero-order valence-electron chi connectivity index (χ0n) is 12.4. The zero-order chi connectivity index (χ0) is 15.4. The summed E-state index contributed by atoms with van der Waals surface area (Å²) < 4.78 is 1.78. The van der Waals surface area contributed by atoms with E-state index in [9.17, 15) is 9.90 Å². The molecule has 0 saturated heterocycles. The third-order valence-corrected chi connectivity index (χ3v) is 4.15. The number of aliphatic hydroxyl groups is 1. The Kier molecular flexibility index (Phi) is 4.48. The van der Waals surface area contributed by atoms with Crippen LogP contribution in [0, 0.1) is 5.92 Å². The number of amides is 1. The summed E-state index contributed by atoms with van der Waals surface area (Å²) in [5.74, 6) is 0.305. The smallest absolute Gasteiger partial charge is 0.251 e. The second-order valence-corrected chi connectivity index (χ2v) is 5.81. The molecule has 116 valence electrons. The van der Waals surface area contributed by atoms with E-state index < -0.39 is 0 Å². The van der Waals surface area contributed by atoms with E-state index >= 15 is 0 Å². The molecular formula is C16H20N4O2. The largest absolute Gasteiger partial charge is 0.393 e. The first-order chi connectivity index (χ1) is 10.7. The topological polar surface area (TPSA) is 80.0 Å². The molecule has 1 saturated carbocycles. The molecule has 3 rings (SSSR count). The van der Waals surface area contributed by atoms with Gasteiger partial charge < -0.3 is 10.4 Å². The van der Waals surface area contributed by atoms with Gasteiger partial charge in [-0.2, -0.15) is 0 Å². The number of carbonyl (C=O) groups excluding carboxylic acids is 1. The van der Waals surface area contributed by atoms with E-state index in [0.717, 1.165) is 31.4 Å². The standard InChI is InChI=1S/C16H20N4O2/c21-15-3-1-2-12(8-15)9-17-16(22)13-4-6-14(7-5-13)20-10-18-19-11-20/h4-7,10-12,15,21H,1-3,8-9H2,(H,17,22). The molecule has 0 radical (unpaired) electrons. The highest BCUT2D eigenvalue weighted by atomic mass is 16.3. The minimum Gasteiger partial charge on any atom is -0.393 e. The third-order valence-electron chi connectivity index (χ3n) is 4.15. The van der Waals surface area contributed by atoms with E-state index in [4.69, 9.17) is 0 Å². The molecule has 1 aliphatic carbocycles. The number of rotatable bonds is 4. The molecule has 2 aromatic rings. The van der Waals surface area contributed by atoms with Gasteiger partial charge in [0.15, 0.2) is 0 Å². The van der Waals surface area contributed by atoms with Crippen LogP contribution in [0.1, 0.15) is 36.0 Å². The van der Waals surface area contributed by atoms with Crippen molar-refractivity contribution in [1.29, 1.82) is 0 Å². The number of aromatic nitrogens is 3. The second kappa shape index (κ2) is 6.70. The number of nitrogens with zero attached hydrogens (tertiary/aromatic N) is 3. The van der Waals surface area contributed by atoms with Crippen molar-refractivity contribution in [1.82, 2.24) is 20.1 Å². The highest BCUT2D eigenvalue weighted by molar-refractivity contribution is 5.94. The van der Waals surface area contributed by atoms with Crippen LogP contribution in [0.3, 0.4) is 0 Å². The van der Waals surface area contributed by atoms with Crippen molar-refractivity contribution in [3.63, 3.8) is 0 Å². The molecule has 1 aromatic heterocycles. The monoisotopic (exact) mass is 300 g/mol. The molecule has 0 bridgehead atoms. The third kappa shape index (κ3) is 3.51. The van der Waals surface area contributed by atoms with Gasteiger partial charge in [-0.25, -0.2) is 0 Å². The first kappa shape index (κ1) is 14.7. The lowest BCUT2D eigenvalue weighted by Gasteiger charge is -2.25. The Balaban J connectivity index is 1.56.